The standard InChI is InChI=1S/C16H13F3N2O/c17-16(18,19)13-6-2-1-5-12(13)11-8-10(4-3-7-22)15(21)14(20)9-11/h1-2,5-6,8-9,22H,7,20-21H2. The lowest BCUT2D eigenvalue weighted by atomic mass is 9.96. The molecule has 0 atom stereocenters. The van der Waals surface area contributed by atoms with Gasteiger partial charge in [-0.25, -0.2) is 0 Å². The highest BCUT2D eigenvalue weighted by Crippen LogP contribution is 2.38. The van der Waals surface area contributed by atoms with E-state index in [1.54, 1.807) is 0 Å². The second kappa shape index (κ2) is 6.00. The Hall–Kier alpha value is -2.65. The Morgan fingerprint density at radius 1 is 1.09 bits per heavy atom. The van der Waals surface area contributed by atoms with Crippen LogP contribution in [-0.2, 0) is 6.18 Å². The van der Waals surface area contributed by atoms with E-state index in [9.17, 15) is 13.2 Å². The van der Waals surface area contributed by atoms with Crippen molar-refractivity contribution in [2.24, 2.45) is 0 Å². The van der Waals surface area contributed by atoms with E-state index in [1.165, 1.54) is 30.3 Å². The van der Waals surface area contributed by atoms with Gasteiger partial charge in [0.2, 0.25) is 0 Å². The van der Waals surface area contributed by atoms with Crippen LogP contribution in [0.5, 0.6) is 0 Å². The number of nitrogen functional groups attached to an aromatic ring is 2. The Morgan fingerprint density at radius 2 is 1.77 bits per heavy atom. The maximum atomic E-state index is 13.1. The molecule has 0 aromatic heterocycles. The summed E-state index contributed by atoms with van der Waals surface area (Å²) in [6.07, 6.45) is -4.48. The lowest BCUT2D eigenvalue weighted by Crippen LogP contribution is -2.07. The molecule has 0 fully saturated rings. The molecule has 0 spiro atoms. The average Bonchev–Trinajstić information content (AvgIpc) is 2.47. The number of aliphatic hydroxyl groups is 1. The minimum atomic E-state index is -4.48. The van der Waals surface area contributed by atoms with Gasteiger partial charge < -0.3 is 16.6 Å². The molecule has 0 bridgehead atoms. The molecule has 2 aromatic rings. The summed E-state index contributed by atoms with van der Waals surface area (Å²) >= 11 is 0. The number of alkyl halides is 3. The molecule has 0 aliphatic carbocycles. The Kier molecular flexibility index (Phi) is 4.29. The average molecular weight is 306 g/mol. The zero-order valence-corrected chi connectivity index (χ0v) is 11.4. The zero-order chi connectivity index (χ0) is 16.3. The number of anilines is 2. The number of benzene rings is 2. The molecule has 114 valence electrons. The molecule has 0 heterocycles. The highest BCUT2D eigenvalue weighted by Gasteiger charge is 2.33. The largest absolute Gasteiger partial charge is 0.417 e. The molecule has 6 heteroatoms. The monoisotopic (exact) mass is 306 g/mol. The number of rotatable bonds is 1. The molecule has 3 nitrogen and oxygen atoms in total. The van der Waals surface area contributed by atoms with E-state index in [0.717, 1.165) is 6.07 Å². The van der Waals surface area contributed by atoms with Gasteiger partial charge in [0.1, 0.15) is 6.61 Å². The molecule has 22 heavy (non-hydrogen) atoms. The van der Waals surface area contributed by atoms with Crippen molar-refractivity contribution < 1.29 is 18.3 Å². The molecular formula is C16H13F3N2O. The fourth-order valence-corrected chi connectivity index (χ4v) is 2.05. The van der Waals surface area contributed by atoms with Crippen LogP contribution in [0.4, 0.5) is 24.5 Å². The second-order valence-corrected chi connectivity index (χ2v) is 4.53. The Labute approximate surface area is 125 Å². The van der Waals surface area contributed by atoms with Crippen molar-refractivity contribution >= 4 is 11.4 Å². The van der Waals surface area contributed by atoms with Gasteiger partial charge in [-0.2, -0.15) is 13.2 Å². The van der Waals surface area contributed by atoms with Crippen molar-refractivity contribution in [2.75, 3.05) is 18.1 Å². The van der Waals surface area contributed by atoms with Crippen LogP contribution in [0.15, 0.2) is 36.4 Å². The highest BCUT2D eigenvalue weighted by molar-refractivity contribution is 5.81. The first kappa shape index (κ1) is 15.7. The number of hydrogen-bond donors (Lipinski definition) is 3. The third-order valence-corrected chi connectivity index (χ3v) is 3.06. The first-order chi connectivity index (χ1) is 10.3. The first-order valence-corrected chi connectivity index (χ1v) is 6.30. The van der Waals surface area contributed by atoms with E-state index in [0.29, 0.717) is 0 Å². The second-order valence-electron chi connectivity index (χ2n) is 4.53. The molecule has 0 unspecified atom stereocenters. The van der Waals surface area contributed by atoms with Crippen molar-refractivity contribution in [3.05, 3.63) is 47.5 Å². The zero-order valence-electron chi connectivity index (χ0n) is 11.4. The van der Waals surface area contributed by atoms with Crippen LogP contribution in [0.25, 0.3) is 11.1 Å². The van der Waals surface area contributed by atoms with Gasteiger partial charge in [-0.3, -0.25) is 0 Å². The van der Waals surface area contributed by atoms with E-state index in [1.807, 2.05) is 0 Å². The van der Waals surface area contributed by atoms with Crippen molar-refractivity contribution in [1.82, 2.24) is 0 Å². The van der Waals surface area contributed by atoms with Gasteiger partial charge in [0.15, 0.2) is 0 Å². The van der Waals surface area contributed by atoms with E-state index in [-0.39, 0.29) is 34.7 Å². The van der Waals surface area contributed by atoms with E-state index in [2.05, 4.69) is 11.8 Å². The molecule has 0 saturated carbocycles. The minimum absolute atomic E-state index is 0.00579. The summed E-state index contributed by atoms with van der Waals surface area (Å²) in [4.78, 5) is 0. The molecular weight excluding hydrogens is 293 g/mol. The Morgan fingerprint density at radius 3 is 2.41 bits per heavy atom. The van der Waals surface area contributed by atoms with Crippen molar-refractivity contribution in [2.45, 2.75) is 6.18 Å². The topological polar surface area (TPSA) is 72.3 Å². The molecule has 2 rings (SSSR count). The third kappa shape index (κ3) is 3.15. The molecule has 5 N–H and O–H groups in total. The predicted octanol–water partition coefficient (Wildman–Crippen LogP) is 2.88. The van der Waals surface area contributed by atoms with Crippen LogP contribution in [0.1, 0.15) is 11.1 Å². The number of halogens is 3. The summed E-state index contributed by atoms with van der Waals surface area (Å²) in [5, 5.41) is 8.73. The molecule has 2 aromatic carbocycles. The summed E-state index contributed by atoms with van der Waals surface area (Å²) < 4.78 is 39.3. The van der Waals surface area contributed by atoms with Gasteiger partial charge in [0.25, 0.3) is 0 Å². The van der Waals surface area contributed by atoms with E-state index in [4.69, 9.17) is 16.6 Å². The van der Waals surface area contributed by atoms with Crippen LogP contribution < -0.4 is 11.5 Å². The van der Waals surface area contributed by atoms with Gasteiger partial charge in [-0.05, 0) is 29.3 Å². The fourth-order valence-electron chi connectivity index (χ4n) is 2.05. The van der Waals surface area contributed by atoms with E-state index >= 15 is 0 Å². The third-order valence-electron chi connectivity index (χ3n) is 3.06. The van der Waals surface area contributed by atoms with Gasteiger partial charge >= 0.3 is 6.18 Å². The Balaban J connectivity index is 2.67. The van der Waals surface area contributed by atoms with Gasteiger partial charge in [0.05, 0.1) is 22.5 Å². The van der Waals surface area contributed by atoms with Crippen LogP contribution >= 0.6 is 0 Å². The quantitative estimate of drug-likeness (QED) is 0.560. The van der Waals surface area contributed by atoms with Gasteiger partial charge in [-0.15, -0.1) is 0 Å². The maximum absolute atomic E-state index is 13.1. The van der Waals surface area contributed by atoms with Crippen molar-refractivity contribution in [1.29, 1.82) is 0 Å². The Bertz CT molecular complexity index is 758. The maximum Gasteiger partial charge on any atom is 0.417 e. The number of aliphatic hydroxyl groups excluding tert-OH is 1. The van der Waals surface area contributed by atoms with Crippen LogP contribution in [0, 0.1) is 11.8 Å². The van der Waals surface area contributed by atoms with Crippen LogP contribution in [-0.4, -0.2) is 11.7 Å². The van der Waals surface area contributed by atoms with Crippen molar-refractivity contribution in [3.63, 3.8) is 0 Å². The van der Waals surface area contributed by atoms with Crippen LogP contribution in [0.3, 0.4) is 0 Å². The molecule has 0 radical (unpaired) electrons. The minimum Gasteiger partial charge on any atom is -0.397 e. The summed E-state index contributed by atoms with van der Waals surface area (Å²) in [7, 11) is 0. The highest BCUT2D eigenvalue weighted by atomic mass is 19.4. The number of hydrogen-bond acceptors (Lipinski definition) is 3. The lowest BCUT2D eigenvalue weighted by Gasteiger charge is -2.14. The molecule has 0 amide bonds. The smallest absolute Gasteiger partial charge is 0.397 e. The fraction of sp³-hybridized carbons (Fsp3) is 0.125. The normalized spacial score (nSPS) is 10.9. The lowest BCUT2D eigenvalue weighted by molar-refractivity contribution is -0.137. The van der Waals surface area contributed by atoms with Crippen LogP contribution in [0.2, 0.25) is 0 Å². The first-order valence-electron chi connectivity index (χ1n) is 6.30. The molecule has 0 saturated heterocycles. The van der Waals surface area contributed by atoms with Gasteiger partial charge in [-0.1, -0.05) is 30.0 Å². The summed E-state index contributed by atoms with van der Waals surface area (Å²) in [5.41, 5.74) is 11.6. The summed E-state index contributed by atoms with van der Waals surface area (Å²) in [6.45, 7) is -0.386. The SMILES string of the molecule is Nc1cc(-c2ccccc2C(F)(F)F)cc(C#CCO)c1N. The van der Waals surface area contributed by atoms with Crippen molar-refractivity contribution in [3.8, 4) is 23.0 Å². The summed E-state index contributed by atoms with van der Waals surface area (Å²) in [6, 6.07) is 8.00. The predicted molar refractivity (Wildman–Crippen MR) is 79.7 cm³/mol. The number of nitrogens with two attached hydrogens (primary N) is 2. The molecule has 0 aliphatic rings. The van der Waals surface area contributed by atoms with Gasteiger partial charge in [0, 0.05) is 0 Å². The molecule has 0 aliphatic heterocycles. The van der Waals surface area contributed by atoms with E-state index < -0.39 is 11.7 Å². The summed E-state index contributed by atoms with van der Waals surface area (Å²) in [5.74, 6) is 4.99.